The summed E-state index contributed by atoms with van der Waals surface area (Å²) >= 11 is 0. The maximum atomic E-state index is 12.2. The molecule has 0 aliphatic heterocycles. The van der Waals surface area contributed by atoms with Crippen LogP contribution in [0.1, 0.15) is 35.0 Å². The van der Waals surface area contributed by atoms with E-state index in [1.165, 1.54) is 6.20 Å². The molecule has 0 saturated heterocycles. The molecule has 0 N–H and O–H groups in total. The minimum atomic E-state index is -0.674. The Kier molecular flexibility index (Phi) is 4.51. The van der Waals surface area contributed by atoms with Crippen LogP contribution in [0.4, 0.5) is 0 Å². The van der Waals surface area contributed by atoms with Gasteiger partial charge in [0.15, 0.2) is 6.10 Å². The van der Waals surface area contributed by atoms with Crippen LogP contribution in [0.5, 0.6) is 5.75 Å². The van der Waals surface area contributed by atoms with Crippen LogP contribution in [0.25, 0.3) is 11.5 Å². The molecule has 8 heteroatoms. The van der Waals surface area contributed by atoms with E-state index < -0.39 is 12.1 Å². The number of aryl methyl sites for hydroxylation is 1. The molecule has 25 heavy (non-hydrogen) atoms. The van der Waals surface area contributed by atoms with Gasteiger partial charge in [0.25, 0.3) is 5.89 Å². The van der Waals surface area contributed by atoms with Gasteiger partial charge in [-0.05, 0) is 38.1 Å². The average Bonchev–Trinajstić information content (AvgIpc) is 3.23. The Morgan fingerprint density at radius 3 is 2.56 bits per heavy atom. The molecule has 0 aliphatic rings. The molecule has 3 aromatic rings. The summed E-state index contributed by atoms with van der Waals surface area (Å²) in [4.78, 5) is 12.2. The zero-order chi connectivity index (χ0) is 18.0. The highest BCUT2D eigenvalue weighted by atomic mass is 16.6. The largest absolute Gasteiger partial charge is 0.497 e. The van der Waals surface area contributed by atoms with Crippen LogP contribution >= 0.6 is 0 Å². The van der Waals surface area contributed by atoms with Gasteiger partial charge < -0.3 is 13.9 Å². The lowest BCUT2D eigenvalue weighted by molar-refractivity contribution is 0.0279. The number of benzene rings is 1. The molecule has 0 spiro atoms. The molecule has 8 nitrogen and oxygen atoms in total. The number of hydrogen-bond acceptors (Lipinski definition) is 7. The molecule has 0 unspecified atom stereocenters. The first-order valence-electron chi connectivity index (χ1n) is 7.67. The number of methoxy groups -OCH3 is 1. The van der Waals surface area contributed by atoms with Crippen LogP contribution in [0.15, 0.2) is 34.9 Å². The molecule has 1 aromatic carbocycles. The minimum Gasteiger partial charge on any atom is -0.497 e. The van der Waals surface area contributed by atoms with Crippen molar-refractivity contribution in [2.75, 3.05) is 7.11 Å². The van der Waals surface area contributed by atoms with E-state index in [1.54, 1.807) is 44.8 Å². The molecular weight excluding hydrogens is 324 g/mol. The van der Waals surface area contributed by atoms with Gasteiger partial charge in [-0.1, -0.05) is 0 Å². The van der Waals surface area contributed by atoms with Crippen LogP contribution in [0.2, 0.25) is 0 Å². The lowest BCUT2D eigenvalue weighted by Gasteiger charge is -2.08. The molecule has 2 heterocycles. The van der Waals surface area contributed by atoms with Crippen molar-refractivity contribution in [1.29, 1.82) is 0 Å². The third-order valence-corrected chi connectivity index (χ3v) is 3.86. The van der Waals surface area contributed by atoms with Gasteiger partial charge in [-0.3, -0.25) is 4.68 Å². The Bertz CT molecular complexity index is 882. The lowest BCUT2D eigenvalue weighted by Crippen LogP contribution is -2.10. The van der Waals surface area contributed by atoms with Crippen molar-refractivity contribution >= 4 is 5.97 Å². The second-order valence-electron chi connectivity index (χ2n) is 5.49. The molecule has 0 fully saturated rings. The van der Waals surface area contributed by atoms with Crippen LogP contribution in [-0.4, -0.2) is 33.1 Å². The molecule has 0 amide bonds. The van der Waals surface area contributed by atoms with E-state index in [9.17, 15) is 4.79 Å². The van der Waals surface area contributed by atoms with Crippen molar-refractivity contribution in [3.63, 3.8) is 0 Å². The number of carbonyl (C=O) groups is 1. The molecule has 130 valence electrons. The second-order valence-corrected chi connectivity index (χ2v) is 5.49. The average molecular weight is 342 g/mol. The van der Waals surface area contributed by atoms with Gasteiger partial charge in [-0.25, -0.2) is 4.79 Å². The molecule has 2 aromatic heterocycles. The first-order chi connectivity index (χ1) is 12.0. The molecular formula is C17H18N4O4. The summed E-state index contributed by atoms with van der Waals surface area (Å²) in [6, 6.07) is 7.22. The lowest BCUT2D eigenvalue weighted by atomic mass is 10.2. The maximum Gasteiger partial charge on any atom is 0.342 e. The summed E-state index contributed by atoms with van der Waals surface area (Å²) in [6.45, 7) is 3.47. The molecule has 0 aliphatic carbocycles. The van der Waals surface area contributed by atoms with E-state index in [0.29, 0.717) is 11.5 Å². The normalized spacial score (nSPS) is 12.0. The fourth-order valence-electron chi connectivity index (χ4n) is 2.22. The van der Waals surface area contributed by atoms with Crippen molar-refractivity contribution in [1.82, 2.24) is 20.0 Å². The van der Waals surface area contributed by atoms with E-state index in [4.69, 9.17) is 13.9 Å². The fraction of sp³-hybridized carbons (Fsp3) is 0.294. The zero-order valence-corrected chi connectivity index (χ0v) is 14.4. The third kappa shape index (κ3) is 3.37. The number of ether oxygens (including phenoxy) is 2. The highest BCUT2D eigenvalue weighted by Gasteiger charge is 2.22. The first-order valence-corrected chi connectivity index (χ1v) is 7.67. The van der Waals surface area contributed by atoms with Crippen LogP contribution in [0.3, 0.4) is 0 Å². The Labute approximate surface area is 144 Å². The molecule has 0 bridgehead atoms. The smallest absolute Gasteiger partial charge is 0.342 e. The summed E-state index contributed by atoms with van der Waals surface area (Å²) in [6.07, 6.45) is 0.799. The van der Waals surface area contributed by atoms with Gasteiger partial charge in [-0.2, -0.15) is 5.10 Å². The van der Waals surface area contributed by atoms with Gasteiger partial charge in [0.2, 0.25) is 5.89 Å². The molecule has 1 atom stereocenters. The summed E-state index contributed by atoms with van der Waals surface area (Å²) in [5.41, 5.74) is 1.88. The Balaban J connectivity index is 1.72. The molecule has 0 radical (unpaired) electrons. The van der Waals surface area contributed by atoms with Crippen LogP contribution in [-0.2, 0) is 11.8 Å². The summed E-state index contributed by atoms with van der Waals surface area (Å²) in [5, 5.41) is 12.0. The maximum absolute atomic E-state index is 12.2. The quantitative estimate of drug-likeness (QED) is 0.658. The van der Waals surface area contributed by atoms with Gasteiger partial charge in [0.1, 0.15) is 11.3 Å². The van der Waals surface area contributed by atoms with Gasteiger partial charge in [-0.15, -0.1) is 10.2 Å². The van der Waals surface area contributed by atoms with Crippen molar-refractivity contribution < 1.29 is 18.7 Å². The predicted octanol–water partition coefficient (Wildman–Crippen LogP) is 2.71. The van der Waals surface area contributed by atoms with Gasteiger partial charge >= 0.3 is 5.97 Å². The Morgan fingerprint density at radius 2 is 1.96 bits per heavy atom. The molecule has 0 saturated carbocycles. The van der Waals surface area contributed by atoms with Crippen molar-refractivity contribution in [3.05, 3.63) is 47.6 Å². The third-order valence-electron chi connectivity index (χ3n) is 3.86. The minimum absolute atomic E-state index is 0.223. The van der Waals surface area contributed by atoms with E-state index in [0.717, 1.165) is 17.0 Å². The topological polar surface area (TPSA) is 92.3 Å². The van der Waals surface area contributed by atoms with E-state index in [-0.39, 0.29) is 5.89 Å². The number of rotatable bonds is 5. The second kappa shape index (κ2) is 6.76. The Hall–Kier alpha value is -3.16. The van der Waals surface area contributed by atoms with Gasteiger partial charge in [0.05, 0.1) is 13.3 Å². The SMILES string of the molecule is COc1ccc(-c2nnc([C@@H](C)OC(=O)c3cnn(C)c3C)o2)cc1. The highest BCUT2D eigenvalue weighted by molar-refractivity contribution is 5.90. The van der Waals surface area contributed by atoms with Crippen molar-refractivity contribution in [2.45, 2.75) is 20.0 Å². The monoisotopic (exact) mass is 342 g/mol. The number of nitrogens with zero attached hydrogens (tertiary/aromatic N) is 4. The van der Waals surface area contributed by atoms with E-state index >= 15 is 0 Å². The van der Waals surface area contributed by atoms with E-state index in [1.807, 2.05) is 12.1 Å². The van der Waals surface area contributed by atoms with Crippen molar-refractivity contribution in [3.8, 4) is 17.2 Å². The highest BCUT2D eigenvalue weighted by Crippen LogP contribution is 2.25. The number of hydrogen-bond donors (Lipinski definition) is 0. The summed E-state index contributed by atoms with van der Waals surface area (Å²) < 4.78 is 17.7. The predicted molar refractivity (Wildman–Crippen MR) is 88.1 cm³/mol. The summed E-state index contributed by atoms with van der Waals surface area (Å²) in [5.74, 6) is 0.818. The number of esters is 1. The Morgan fingerprint density at radius 1 is 1.24 bits per heavy atom. The number of aromatic nitrogens is 4. The fourth-order valence-corrected chi connectivity index (χ4v) is 2.22. The first kappa shape index (κ1) is 16.7. The summed E-state index contributed by atoms with van der Waals surface area (Å²) in [7, 11) is 3.36. The standard InChI is InChI=1S/C17H18N4O4/c1-10-14(9-18-21(10)3)17(22)24-11(2)15-19-20-16(25-15)12-5-7-13(23-4)8-6-12/h5-9,11H,1-4H3/t11-/m1/s1. The van der Waals surface area contributed by atoms with Crippen LogP contribution in [0, 0.1) is 6.92 Å². The van der Waals surface area contributed by atoms with E-state index in [2.05, 4.69) is 15.3 Å². The van der Waals surface area contributed by atoms with Gasteiger partial charge in [0, 0.05) is 18.3 Å². The van der Waals surface area contributed by atoms with Crippen molar-refractivity contribution in [2.24, 2.45) is 7.05 Å². The molecule has 3 rings (SSSR count). The van der Waals surface area contributed by atoms with Crippen LogP contribution < -0.4 is 4.74 Å². The number of carbonyl (C=O) groups excluding carboxylic acids is 1. The zero-order valence-electron chi connectivity index (χ0n) is 14.4.